The molecule has 0 unspecified atom stereocenters. The van der Waals surface area contributed by atoms with E-state index in [-0.39, 0.29) is 30.7 Å². The third kappa shape index (κ3) is 4.75. The molecule has 1 saturated carbocycles. The maximum absolute atomic E-state index is 12.0. The first kappa shape index (κ1) is 19.8. The van der Waals surface area contributed by atoms with Crippen LogP contribution in [-0.4, -0.2) is 28.9 Å². The number of amides is 1. The second kappa shape index (κ2) is 8.70. The quantitative estimate of drug-likeness (QED) is 0.860. The van der Waals surface area contributed by atoms with Gasteiger partial charge in [0.05, 0.1) is 6.26 Å². The van der Waals surface area contributed by atoms with Crippen LogP contribution >= 0.6 is 24.8 Å². The lowest BCUT2D eigenvalue weighted by Gasteiger charge is -2.29. The molecule has 1 N–H and O–H groups in total. The largest absolute Gasteiger partial charge is 0.459 e. The number of hydrogen-bond donors (Lipinski definition) is 1. The summed E-state index contributed by atoms with van der Waals surface area (Å²) in [6.07, 6.45) is 9.18. The second-order valence-corrected chi connectivity index (χ2v) is 6.52. The van der Waals surface area contributed by atoms with Gasteiger partial charge in [-0.1, -0.05) is 0 Å². The van der Waals surface area contributed by atoms with Crippen LogP contribution in [-0.2, 0) is 19.5 Å². The molecule has 0 radical (unpaired) electrons. The van der Waals surface area contributed by atoms with E-state index in [2.05, 4.69) is 15.2 Å². The predicted octanol–water partition coefficient (Wildman–Crippen LogP) is 3.22. The first-order valence-electron chi connectivity index (χ1n) is 8.28. The molecule has 25 heavy (non-hydrogen) atoms. The van der Waals surface area contributed by atoms with Crippen LogP contribution in [0.3, 0.4) is 0 Å². The number of nitrogens with zero attached hydrogens (tertiary/aromatic N) is 2. The highest BCUT2D eigenvalue weighted by Crippen LogP contribution is 2.31. The molecule has 136 valence electrons. The number of pyridine rings is 1. The summed E-state index contributed by atoms with van der Waals surface area (Å²) < 4.78 is 5.12. The highest BCUT2D eigenvalue weighted by Gasteiger charge is 2.27. The van der Waals surface area contributed by atoms with Crippen molar-refractivity contribution in [3.05, 3.63) is 53.2 Å². The van der Waals surface area contributed by atoms with Crippen LogP contribution in [0.5, 0.6) is 0 Å². The second-order valence-electron chi connectivity index (χ2n) is 6.52. The molecule has 0 saturated heterocycles. The first-order valence-corrected chi connectivity index (χ1v) is 8.28. The molecule has 1 fully saturated rings. The van der Waals surface area contributed by atoms with Gasteiger partial charge < -0.3 is 9.73 Å². The molecule has 0 aromatic carbocycles. The van der Waals surface area contributed by atoms with Gasteiger partial charge in [-0.2, -0.15) is 0 Å². The third-order valence-corrected chi connectivity index (χ3v) is 4.71. The van der Waals surface area contributed by atoms with Crippen molar-refractivity contribution in [1.29, 1.82) is 0 Å². The van der Waals surface area contributed by atoms with E-state index in [1.807, 2.05) is 12.4 Å². The van der Waals surface area contributed by atoms with Gasteiger partial charge in [-0.05, 0) is 54.0 Å². The molecular formula is C18H23Cl2N3O2. The number of aromatic nitrogens is 1. The maximum Gasteiger partial charge on any atom is 0.287 e. The number of hydrogen-bond acceptors (Lipinski definition) is 4. The Hall–Kier alpha value is -1.56. The van der Waals surface area contributed by atoms with E-state index in [1.54, 1.807) is 12.1 Å². The van der Waals surface area contributed by atoms with Crippen molar-refractivity contribution in [2.45, 2.75) is 32.4 Å². The lowest BCUT2D eigenvalue weighted by molar-refractivity contribution is 0.0923. The smallest absolute Gasteiger partial charge is 0.287 e. The van der Waals surface area contributed by atoms with E-state index < -0.39 is 0 Å². The topological polar surface area (TPSA) is 58.4 Å². The molecule has 2 aromatic heterocycles. The Kier molecular flexibility index (Phi) is 6.87. The van der Waals surface area contributed by atoms with Crippen molar-refractivity contribution in [2.24, 2.45) is 5.92 Å². The summed E-state index contributed by atoms with van der Waals surface area (Å²) in [6.45, 7) is 3.81. The van der Waals surface area contributed by atoms with Crippen LogP contribution in [0.1, 0.15) is 40.1 Å². The summed E-state index contributed by atoms with van der Waals surface area (Å²) in [5.41, 5.74) is 3.78. The average molecular weight is 384 g/mol. The van der Waals surface area contributed by atoms with Gasteiger partial charge in [0, 0.05) is 38.6 Å². The average Bonchev–Trinajstić information content (AvgIpc) is 3.21. The molecule has 7 heteroatoms. The number of carbonyl (C=O) groups is 1. The van der Waals surface area contributed by atoms with Gasteiger partial charge in [0.1, 0.15) is 0 Å². The fourth-order valence-electron chi connectivity index (χ4n) is 3.27. The highest BCUT2D eigenvalue weighted by molar-refractivity contribution is 5.91. The molecule has 2 aromatic rings. The van der Waals surface area contributed by atoms with Crippen LogP contribution in [0.2, 0.25) is 0 Å². The van der Waals surface area contributed by atoms with E-state index in [0.717, 1.165) is 31.0 Å². The van der Waals surface area contributed by atoms with Crippen molar-refractivity contribution < 1.29 is 9.21 Å². The Balaban J connectivity index is 0.00000113. The van der Waals surface area contributed by atoms with E-state index >= 15 is 0 Å². The van der Waals surface area contributed by atoms with Crippen LogP contribution in [0.4, 0.5) is 0 Å². The summed E-state index contributed by atoms with van der Waals surface area (Å²) in [7, 11) is 0. The number of fused-ring (bicyclic) bond motifs is 1. The Morgan fingerprint density at radius 3 is 2.88 bits per heavy atom. The Labute approximate surface area is 160 Å². The zero-order chi connectivity index (χ0) is 15.6. The van der Waals surface area contributed by atoms with Crippen LogP contribution in [0, 0.1) is 5.92 Å². The number of halogens is 2. The molecule has 2 aliphatic rings. The van der Waals surface area contributed by atoms with Crippen LogP contribution in [0.15, 0.2) is 35.2 Å². The monoisotopic (exact) mass is 383 g/mol. The van der Waals surface area contributed by atoms with Gasteiger partial charge in [-0.3, -0.25) is 14.7 Å². The first-order chi connectivity index (χ1) is 11.3. The number of carbonyl (C=O) groups excluding carboxylic acids is 1. The molecule has 1 aliphatic heterocycles. The number of furan rings is 1. The van der Waals surface area contributed by atoms with Gasteiger partial charge in [0.2, 0.25) is 0 Å². The molecule has 0 bridgehead atoms. The van der Waals surface area contributed by atoms with E-state index in [0.29, 0.717) is 12.3 Å². The van der Waals surface area contributed by atoms with Crippen LogP contribution in [0.25, 0.3) is 0 Å². The van der Waals surface area contributed by atoms with Crippen LogP contribution < -0.4 is 5.32 Å². The van der Waals surface area contributed by atoms with Gasteiger partial charge >= 0.3 is 0 Å². The molecule has 4 rings (SSSR count). The summed E-state index contributed by atoms with van der Waals surface area (Å²) in [5.74, 6) is 1.08. The van der Waals surface area contributed by atoms with E-state index in [4.69, 9.17) is 4.42 Å². The van der Waals surface area contributed by atoms with E-state index in [1.165, 1.54) is 36.8 Å². The Morgan fingerprint density at radius 2 is 2.16 bits per heavy atom. The van der Waals surface area contributed by atoms with Crippen molar-refractivity contribution >= 4 is 30.7 Å². The molecule has 5 nitrogen and oxygen atoms in total. The summed E-state index contributed by atoms with van der Waals surface area (Å²) in [5, 5.41) is 2.92. The van der Waals surface area contributed by atoms with Crippen molar-refractivity contribution in [2.75, 3.05) is 13.1 Å². The fourth-order valence-corrected chi connectivity index (χ4v) is 3.27. The SMILES string of the molecule is Cl.Cl.O=C(NCc1cncc2c1CCN(CC1CC1)C2)c1ccco1. The summed E-state index contributed by atoms with van der Waals surface area (Å²) in [6, 6.07) is 3.39. The zero-order valence-electron chi connectivity index (χ0n) is 13.9. The van der Waals surface area contributed by atoms with Crippen molar-refractivity contribution in [1.82, 2.24) is 15.2 Å². The summed E-state index contributed by atoms with van der Waals surface area (Å²) >= 11 is 0. The molecule has 1 amide bonds. The van der Waals surface area contributed by atoms with Gasteiger partial charge in [-0.25, -0.2) is 0 Å². The van der Waals surface area contributed by atoms with Gasteiger partial charge in [0.15, 0.2) is 5.76 Å². The Bertz CT molecular complexity index is 702. The van der Waals surface area contributed by atoms with Crippen molar-refractivity contribution in [3.63, 3.8) is 0 Å². The third-order valence-electron chi connectivity index (χ3n) is 4.71. The lowest BCUT2D eigenvalue weighted by atomic mass is 9.97. The molecule has 3 heterocycles. The lowest BCUT2D eigenvalue weighted by Crippen LogP contribution is -2.33. The normalized spacial score (nSPS) is 16.3. The summed E-state index contributed by atoms with van der Waals surface area (Å²) in [4.78, 5) is 18.9. The fraction of sp³-hybridized carbons (Fsp3) is 0.444. The van der Waals surface area contributed by atoms with Gasteiger partial charge in [-0.15, -0.1) is 24.8 Å². The molecule has 0 spiro atoms. The maximum atomic E-state index is 12.0. The Morgan fingerprint density at radius 1 is 1.32 bits per heavy atom. The number of nitrogens with one attached hydrogen (secondary N) is 1. The standard InChI is InChI=1S/C18H21N3O2.2ClH/c22-18(17-2-1-7-23-17)20-10-14-8-19-9-15-12-21(6-5-16(14)15)11-13-3-4-13;;/h1-2,7-9,13H,3-6,10-12H2,(H,20,22);2*1H. The highest BCUT2D eigenvalue weighted by atomic mass is 35.5. The van der Waals surface area contributed by atoms with Crippen molar-refractivity contribution in [3.8, 4) is 0 Å². The molecular weight excluding hydrogens is 361 g/mol. The van der Waals surface area contributed by atoms with Gasteiger partial charge in [0.25, 0.3) is 5.91 Å². The minimum Gasteiger partial charge on any atom is -0.459 e. The molecule has 1 aliphatic carbocycles. The molecule has 0 atom stereocenters. The predicted molar refractivity (Wildman–Crippen MR) is 100 cm³/mol. The minimum absolute atomic E-state index is 0. The van der Waals surface area contributed by atoms with E-state index in [9.17, 15) is 4.79 Å². The zero-order valence-corrected chi connectivity index (χ0v) is 15.6. The number of rotatable bonds is 5. The minimum atomic E-state index is -0.182.